The van der Waals surface area contributed by atoms with Gasteiger partial charge >= 0.3 is 5.97 Å². The molecule has 2 aromatic carbocycles. The van der Waals surface area contributed by atoms with E-state index in [1.807, 2.05) is 6.07 Å². The summed E-state index contributed by atoms with van der Waals surface area (Å²) in [7, 11) is 1.38. The van der Waals surface area contributed by atoms with Crippen molar-refractivity contribution in [1.82, 2.24) is 0 Å². The lowest BCUT2D eigenvalue weighted by Crippen LogP contribution is -2.54. The van der Waals surface area contributed by atoms with Gasteiger partial charge < -0.3 is 14.2 Å². The molecule has 4 nitrogen and oxygen atoms in total. The fourth-order valence-electron chi connectivity index (χ4n) is 6.52. The summed E-state index contributed by atoms with van der Waals surface area (Å²) in [6, 6.07) is 11.8. The normalized spacial score (nSPS) is 31.6. The average molecular weight is 544 g/mol. The van der Waals surface area contributed by atoms with Gasteiger partial charge in [0.15, 0.2) is 0 Å². The lowest BCUT2D eigenvalue weighted by Gasteiger charge is -2.48. The molecule has 1 aliphatic heterocycles. The van der Waals surface area contributed by atoms with Gasteiger partial charge in [0, 0.05) is 11.0 Å². The molecule has 2 saturated carbocycles. The van der Waals surface area contributed by atoms with Gasteiger partial charge in [0.1, 0.15) is 23.7 Å². The van der Waals surface area contributed by atoms with Crippen LogP contribution in [0, 0.1) is 14.9 Å². The molecular formula is C27H29IO4. The second kappa shape index (κ2) is 7.24. The number of halogens is 1. The average Bonchev–Trinajstić information content (AvgIpc) is 3.35. The van der Waals surface area contributed by atoms with E-state index in [9.17, 15) is 4.79 Å². The van der Waals surface area contributed by atoms with Gasteiger partial charge in [-0.3, -0.25) is 0 Å². The van der Waals surface area contributed by atoms with E-state index in [0.29, 0.717) is 23.8 Å². The van der Waals surface area contributed by atoms with Gasteiger partial charge in [-0.05, 0) is 102 Å². The van der Waals surface area contributed by atoms with E-state index in [0.717, 1.165) is 20.5 Å². The van der Waals surface area contributed by atoms with E-state index in [2.05, 4.69) is 68.1 Å². The minimum Gasteiger partial charge on any atom is -0.488 e. The highest BCUT2D eigenvalue weighted by molar-refractivity contribution is 14.1. The van der Waals surface area contributed by atoms with Crippen molar-refractivity contribution in [2.24, 2.45) is 11.3 Å². The predicted molar refractivity (Wildman–Crippen MR) is 133 cm³/mol. The molecule has 5 rings (SSSR count). The minimum atomic E-state index is -0.376. The zero-order valence-corrected chi connectivity index (χ0v) is 21.2. The van der Waals surface area contributed by atoms with Crippen LogP contribution in [0.2, 0.25) is 0 Å². The molecule has 0 amide bonds. The molecule has 4 atom stereocenters. The summed E-state index contributed by atoms with van der Waals surface area (Å²) in [6.07, 6.45) is 3.76. The van der Waals surface area contributed by atoms with Gasteiger partial charge in [0.2, 0.25) is 0 Å². The zero-order chi connectivity index (χ0) is 22.9. The molecule has 4 unspecified atom stereocenters. The number of benzene rings is 2. The fourth-order valence-corrected chi connectivity index (χ4v) is 7.01. The van der Waals surface area contributed by atoms with E-state index in [4.69, 9.17) is 14.2 Å². The second-order valence-electron chi connectivity index (χ2n) is 10.1. The number of methoxy groups -OCH3 is 1. The van der Waals surface area contributed by atoms with Crippen molar-refractivity contribution in [3.8, 4) is 11.5 Å². The Morgan fingerprint density at radius 1 is 1.19 bits per heavy atom. The van der Waals surface area contributed by atoms with Crippen molar-refractivity contribution in [1.29, 1.82) is 0 Å². The molecular weight excluding hydrogens is 515 g/mol. The highest BCUT2D eigenvalue weighted by Gasteiger charge is 2.73. The minimum absolute atomic E-state index is 0.000376. The van der Waals surface area contributed by atoms with Crippen molar-refractivity contribution >= 4 is 34.1 Å². The summed E-state index contributed by atoms with van der Waals surface area (Å²) >= 11 is 2.21. The monoisotopic (exact) mass is 544 g/mol. The first-order valence-corrected chi connectivity index (χ1v) is 12.2. The van der Waals surface area contributed by atoms with Crippen LogP contribution in [0.15, 0.2) is 43.0 Å². The van der Waals surface area contributed by atoms with Crippen LogP contribution >= 0.6 is 22.6 Å². The predicted octanol–water partition coefficient (Wildman–Crippen LogP) is 6.40. The smallest absolute Gasteiger partial charge is 0.337 e. The number of carbonyl (C=O) groups is 1. The van der Waals surface area contributed by atoms with Crippen molar-refractivity contribution in [3.63, 3.8) is 0 Å². The number of rotatable bonds is 5. The van der Waals surface area contributed by atoms with Gasteiger partial charge in [0.05, 0.1) is 16.2 Å². The summed E-state index contributed by atoms with van der Waals surface area (Å²) in [4.78, 5) is 11.9. The Balaban J connectivity index is 1.40. The van der Waals surface area contributed by atoms with Crippen LogP contribution in [-0.2, 0) is 10.2 Å². The maximum atomic E-state index is 11.9. The molecule has 2 bridgehead atoms. The summed E-state index contributed by atoms with van der Waals surface area (Å²) in [5, 5.41) is 0. The summed E-state index contributed by atoms with van der Waals surface area (Å²) < 4.78 is 18.5. The third kappa shape index (κ3) is 2.82. The SMILES string of the molecule is C=C(COc1cc(C(=O)OC)ccc1I)c1ccc2c(c1)C1(C)C3(C)CCC(C3)C1(C)O2. The third-order valence-corrected chi connectivity index (χ3v) is 9.61. The highest BCUT2D eigenvalue weighted by Crippen LogP contribution is 2.73. The van der Waals surface area contributed by atoms with Gasteiger partial charge in [-0.25, -0.2) is 4.79 Å². The number of esters is 1. The zero-order valence-electron chi connectivity index (χ0n) is 19.1. The van der Waals surface area contributed by atoms with Crippen LogP contribution < -0.4 is 9.47 Å². The van der Waals surface area contributed by atoms with Crippen molar-refractivity contribution in [3.05, 3.63) is 63.2 Å². The number of carbonyl (C=O) groups excluding carboxylic acids is 1. The fraction of sp³-hybridized carbons (Fsp3) is 0.444. The molecule has 2 aromatic rings. The van der Waals surface area contributed by atoms with Crippen LogP contribution in [0.25, 0.3) is 5.57 Å². The Bertz CT molecular complexity index is 1140. The second-order valence-corrected chi connectivity index (χ2v) is 11.2. The molecule has 32 heavy (non-hydrogen) atoms. The van der Waals surface area contributed by atoms with Crippen LogP contribution in [0.5, 0.6) is 11.5 Å². The first kappa shape index (κ1) is 21.8. The molecule has 168 valence electrons. The van der Waals surface area contributed by atoms with Gasteiger partial charge in [-0.2, -0.15) is 0 Å². The largest absolute Gasteiger partial charge is 0.488 e. The Morgan fingerprint density at radius 2 is 1.94 bits per heavy atom. The molecule has 1 heterocycles. The van der Waals surface area contributed by atoms with Crippen molar-refractivity contribution < 1.29 is 19.0 Å². The van der Waals surface area contributed by atoms with Crippen molar-refractivity contribution in [2.75, 3.05) is 13.7 Å². The Morgan fingerprint density at radius 3 is 2.69 bits per heavy atom. The molecule has 2 aliphatic carbocycles. The standard InChI is InChI=1S/C27H29IO4/c1-16(15-31-23-13-18(24(29)30-5)6-8-21(23)28)17-7-9-22-20(12-17)26(3)25(2)11-10-19(14-25)27(26,4)32-22/h6-9,12-13,19H,1,10-11,14-15H2,2-5H3. The molecule has 3 aliphatic rings. The van der Waals surface area contributed by atoms with Crippen LogP contribution in [0.1, 0.15) is 61.5 Å². The molecule has 0 radical (unpaired) electrons. The van der Waals surface area contributed by atoms with Gasteiger partial charge in [-0.1, -0.05) is 26.5 Å². The van der Waals surface area contributed by atoms with Crippen LogP contribution in [0.3, 0.4) is 0 Å². The molecule has 0 saturated heterocycles. The summed E-state index contributed by atoms with van der Waals surface area (Å²) in [5.41, 5.74) is 3.88. The quantitative estimate of drug-likeness (QED) is 0.323. The first-order valence-electron chi connectivity index (χ1n) is 11.2. The maximum absolute atomic E-state index is 11.9. The van der Waals surface area contributed by atoms with E-state index in [1.165, 1.54) is 31.9 Å². The molecule has 0 spiro atoms. The topological polar surface area (TPSA) is 44.8 Å². The lowest BCUT2D eigenvalue weighted by molar-refractivity contribution is -0.0260. The Labute approximate surface area is 203 Å². The summed E-state index contributed by atoms with van der Waals surface area (Å²) in [6.45, 7) is 11.8. The Hall–Kier alpha value is -2.02. The van der Waals surface area contributed by atoms with Crippen LogP contribution in [0.4, 0.5) is 0 Å². The van der Waals surface area contributed by atoms with E-state index in [-0.39, 0.29) is 22.4 Å². The third-order valence-electron chi connectivity index (χ3n) is 8.72. The number of ether oxygens (including phenoxy) is 3. The number of hydrogen-bond acceptors (Lipinski definition) is 4. The Kier molecular flexibility index (Phi) is 4.93. The van der Waals surface area contributed by atoms with E-state index >= 15 is 0 Å². The molecule has 0 aromatic heterocycles. The van der Waals surface area contributed by atoms with E-state index < -0.39 is 0 Å². The molecule has 2 fully saturated rings. The highest BCUT2D eigenvalue weighted by atomic mass is 127. The summed E-state index contributed by atoms with van der Waals surface area (Å²) in [5.74, 6) is 1.91. The lowest BCUT2D eigenvalue weighted by atomic mass is 9.56. The van der Waals surface area contributed by atoms with Gasteiger partial charge in [0.25, 0.3) is 0 Å². The number of hydrogen-bond donors (Lipinski definition) is 0. The first-order chi connectivity index (χ1) is 15.1. The van der Waals surface area contributed by atoms with Crippen molar-refractivity contribution in [2.45, 2.75) is 51.0 Å². The maximum Gasteiger partial charge on any atom is 0.337 e. The van der Waals surface area contributed by atoms with Gasteiger partial charge in [-0.15, -0.1) is 0 Å². The number of fused-ring (bicyclic) bond motifs is 7. The molecule has 0 N–H and O–H groups in total. The van der Waals surface area contributed by atoms with Crippen LogP contribution in [-0.4, -0.2) is 25.3 Å². The van der Waals surface area contributed by atoms with E-state index in [1.54, 1.807) is 12.1 Å². The molecule has 5 heteroatoms.